The quantitative estimate of drug-likeness (QED) is 0.737. The molecule has 0 fully saturated rings. The summed E-state index contributed by atoms with van der Waals surface area (Å²) >= 11 is 0. The van der Waals surface area contributed by atoms with Crippen LogP contribution in [-0.2, 0) is 6.54 Å². The van der Waals surface area contributed by atoms with E-state index in [1.807, 2.05) is 13.0 Å². The number of amides is 1. The Morgan fingerprint density at radius 3 is 2.76 bits per heavy atom. The average Bonchev–Trinajstić information content (AvgIpc) is 2.87. The summed E-state index contributed by atoms with van der Waals surface area (Å²) in [7, 11) is 0. The number of carboxylic acid groups (broad SMARTS) is 1. The minimum atomic E-state index is -1.04. The Morgan fingerprint density at radius 1 is 1.43 bits per heavy atom. The van der Waals surface area contributed by atoms with Crippen LogP contribution in [0.25, 0.3) is 0 Å². The van der Waals surface area contributed by atoms with E-state index in [0.29, 0.717) is 18.7 Å². The van der Waals surface area contributed by atoms with Gasteiger partial charge in [0.15, 0.2) is 5.69 Å². The van der Waals surface area contributed by atoms with Crippen molar-refractivity contribution in [1.82, 2.24) is 9.55 Å². The predicted octanol–water partition coefficient (Wildman–Crippen LogP) is 1.10. The number of imidazole rings is 1. The van der Waals surface area contributed by atoms with Gasteiger partial charge in [0, 0.05) is 30.5 Å². The molecule has 1 heterocycles. The second kappa shape index (κ2) is 6.08. The molecule has 1 aromatic carbocycles. The number of hydrogen-bond donors (Lipinski definition) is 3. The number of primary amides is 1. The second-order valence-corrected chi connectivity index (χ2v) is 4.62. The fraction of sp³-hybridized carbons (Fsp3) is 0.214. The highest BCUT2D eigenvalue weighted by Gasteiger charge is 2.07. The van der Waals surface area contributed by atoms with Crippen LogP contribution >= 0.6 is 0 Å². The number of aromatic nitrogens is 2. The van der Waals surface area contributed by atoms with Crippen LogP contribution < -0.4 is 11.1 Å². The first-order valence-electron chi connectivity index (χ1n) is 6.37. The van der Waals surface area contributed by atoms with E-state index < -0.39 is 11.9 Å². The summed E-state index contributed by atoms with van der Waals surface area (Å²) in [5.74, 6) is -1.49. The highest BCUT2D eigenvalue weighted by Crippen LogP contribution is 2.14. The standard InChI is InChI=1S/C14H16N4O3/c1-9-6-10(2-3-11(9)13(15)19)16-4-5-18-7-12(14(20)21)17-8-18/h2-3,6-8,16H,4-5H2,1H3,(H2,15,19)(H,20,21). The molecule has 110 valence electrons. The van der Waals surface area contributed by atoms with Crippen molar-refractivity contribution in [2.75, 3.05) is 11.9 Å². The molecule has 0 aliphatic heterocycles. The van der Waals surface area contributed by atoms with E-state index in [2.05, 4.69) is 10.3 Å². The SMILES string of the molecule is Cc1cc(NCCn2cnc(C(=O)O)c2)ccc1C(N)=O. The van der Waals surface area contributed by atoms with Gasteiger partial charge in [0.05, 0.1) is 6.33 Å². The molecular formula is C14H16N4O3. The monoisotopic (exact) mass is 288 g/mol. The number of nitrogens with two attached hydrogens (primary N) is 1. The van der Waals surface area contributed by atoms with Gasteiger partial charge in [0.2, 0.25) is 5.91 Å². The number of anilines is 1. The van der Waals surface area contributed by atoms with Crippen LogP contribution in [0, 0.1) is 6.92 Å². The number of benzene rings is 1. The van der Waals surface area contributed by atoms with Crippen molar-refractivity contribution in [2.24, 2.45) is 5.73 Å². The first kappa shape index (κ1) is 14.6. The topological polar surface area (TPSA) is 110 Å². The Labute approximate surface area is 121 Å². The van der Waals surface area contributed by atoms with E-state index >= 15 is 0 Å². The average molecular weight is 288 g/mol. The third-order valence-electron chi connectivity index (χ3n) is 3.04. The summed E-state index contributed by atoms with van der Waals surface area (Å²) in [5, 5.41) is 12.0. The van der Waals surface area contributed by atoms with Crippen LogP contribution in [0.3, 0.4) is 0 Å². The normalized spacial score (nSPS) is 10.3. The summed E-state index contributed by atoms with van der Waals surface area (Å²) in [6.07, 6.45) is 2.96. The first-order valence-corrected chi connectivity index (χ1v) is 6.37. The highest BCUT2D eigenvalue weighted by atomic mass is 16.4. The zero-order chi connectivity index (χ0) is 15.4. The lowest BCUT2D eigenvalue weighted by Crippen LogP contribution is -2.13. The van der Waals surface area contributed by atoms with E-state index in [1.165, 1.54) is 12.5 Å². The number of carboxylic acids is 1. The molecule has 4 N–H and O–H groups in total. The van der Waals surface area contributed by atoms with Gasteiger partial charge < -0.3 is 20.7 Å². The minimum Gasteiger partial charge on any atom is -0.476 e. The summed E-state index contributed by atoms with van der Waals surface area (Å²) in [4.78, 5) is 25.6. The number of nitrogens with zero attached hydrogens (tertiary/aromatic N) is 2. The van der Waals surface area contributed by atoms with Gasteiger partial charge in [-0.3, -0.25) is 4.79 Å². The van der Waals surface area contributed by atoms with Crippen LogP contribution in [0.15, 0.2) is 30.7 Å². The Morgan fingerprint density at radius 2 is 2.19 bits per heavy atom. The van der Waals surface area contributed by atoms with E-state index in [9.17, 15) is 9.59 Å². The summed E-state index contributed by atoms with van der Waals surface area (Å²) < 4.78 is 1.70. The van der Waals surface area contributed by atoms with Crippen LogP contribution in [0.1, 0.15) is 26.4 Å². The van der Waals surface area contributed by atoms with Crippen LogP contribution in [0.4, 0.5) is 5.69 Å². The molecule has 2 aromatic rings. The maximum absolute atomic E-state index is 11.1. The van der Waals surface area contributed by atoms with Crippen molar-refractivity contribution < 1.29 is 14.7 Å². The van der Waals surface area contributed by atoms with E-state index in [4.69, 9.17) is 10.8 Å². The molecule has 0 saturated heterocycles. The summed E-state index contributed by atoms with van der Waals surface area (Å²) in [6.45, 7) is 3.00. The molecule has 7 heteroatoms. The largest absolute Gasteiger partial charge is 0.476 e. The van der Waals surface area contributed by atoms with E-state index in [0.717, 1.165) is 11.3 Å². The Balaban J connectivity index is 1.92. The molecule has 0 aliphatic rings. The summed E-state index contributed by atoms with van der Waals surface area (Å²) in [6, 6.07) is 5.31. The molecule has 0 spiro atoms. The number of nitrogens with one attached hydrogen (secondary N) is 1. The second-order valence-electron chi connectivity index (χ2n) is 4.62. The van der Waals surface area contributed by atoms with Crippen molar-refractivity contribution in [3.8, 4) is 0 Å². The van der Waals surface area contributed by atoms with Gasteiger partial charge in [-0.2, -0.15) is 0 Å². The third kappa shape index (κ3) is 3.59. The van der Waals surface area contributed by atoms with Gasteiger partial charge in [-0.1, -0.05) is 0 Å². The van der Waals surface area contributed by atoms with E-state index in [1.54, 1.807) is 16.7 Å². The fourth-order valence-electron chi connectivity index (χ4n) is 1.97. The van der Waals surface area contributed by atoms with Gasteiger partial charge in [-0.15, -0.1) is 0 Å². The number of carbonyl (C=O) groups excluding carboxylic acids is 1. The van der Waals surface area contributed by atoms with Gasteiger partial charge in [-0.05, 0) is 30.7 Å². The molecule has 0 unspecified atom stereocenters. The van der Waals surface area contributed by atoms with Gasteiger partial charge in [0.25, 0.3) is 0 Å². The highest BCUT2D eigenvalue weighted by molar-refractivity contribution is 5.94. The molecule has 0 radical (unpaired) electrons. The molecule has 0 bridgehead atoms. The lowest BCUT2D eigenvalue weighted by Gasteiger charge is -2.09. The molecule has 21 heavy (non-hydrogen) atoms. The van der Waals surface area contributed by atoms with E-state index in [-0.39, 0.29) is 5.69 Å². The van der Waals surface area contributed by atoms with Gasteiger partial charge in [-0.25, -0.2) is 9.78 Å². The zero-order valence-electron chi connectivity index (χ0n) is 11.5. The molecule has 2 rings (SSSR count). The predicted molar refractivity (Wildman–Crippen MR) is 77.4 cm³/mol. The van der Waals surface area contributed by atoms with Crippen molar-refractivity contribution in [3.05, 3.63) is 47.5 Å². The van der Waals surface area contributed by atoms with Crippen LogP contribution in [-0.4, -0.2) is 33.1 Å². The van der Waals surface area contributed by atoms with Crippen molar-refractivity contribution in [2.45, 2.75) is 13.5 Å². The Hall–Kier alpha value is -2.83. The number of aryl methyl sites for hydroxylation is 1. The zero-order valence-corrected chi connectivity index (χ0v) is 11.5. The molecule has 7 nitrogen and oxygen atoms in total. The Kier molecular flexibility index (Phi) is 4.22. The first-order chi connectivity index (χ1) is 9.97. The molecule has 0 aliphatic carbocycles. The lowest BCUT2D eigenvalue weighted by atomic mass is 10.1. The van der Waals surface area contributed by atoms with Crippen molar-refractivity contribution in [1.29, 1.82) is 0 Å². The molecule has 0 saturated carbocycles. The van der Waals surface area contributed by atoms with Crippen LogP contribution in [0.5, 0.6) is 0 Å². The maximum Gasteiger partial charge on any atom is 0.356 e. The lowest BCUT2D eigenvalue weighted by molar-refractivity contribution is 0.0690. The molecule has 1 amide bonds. The molecular weight excluding hydrogens is 272 g/mol. The van der Waals surface area contributed by atoms with Crippen molar-refractivity contribution >= 4 is 17.6 Å². The van der Waals surface area contributed by atoms with Gasteiger partial charge >= 0.3 is 5.97 Å². The Bertz CT molecular complexity index is 679. The maximum atomic E-state index is 11.1. The molecule has 1 aromatic heterocycles. The number of hydrogen-bond acceptors (Lipinski definition) is 4. The number of carbonyl (C=O) groups is 2. The number of rotatable bonds is 6. The number of aromatic carboxylic acids is 1. The molecule has 0 atom stereocenters. The fourth-order valence-corrected chi connectivity index (χ4v) is 1.97. The summed E-state index contributed by atoms with van der Waals surface area (Å²) in [5.41, 5.74) is 7.46. The smallest absolute Gasteiger partial charge is 0.356 e. The van der Waals surface area contributed by atoms with Crippen LogP contribution in [0.2, 0.25) is 0 Å². The van der Waals surface area contributed by atoms with Gasteiger partial charge in [0.1, 0.15) is 0 Å². The third-order valence-corrected chi connectivity index (χ3v) is 3.04. The minimum absolute atomic E-state index is 0.0247. The van der Waals surface area contributed by atoms with Crippen molar-refractivity contribution in [3.63, 3.8) is 0 Å².